The van der Waals surface area contributed by atoms with Crippen LogP contribution in [0, 0.1) is 19.6 Å². The Morgan fingerprint density at radius 1 is 1.15 bits per heavy atom. The maximum atomic E-state index is 13.2. The highest BCUT2D eigenvalue weighted by molar-refractivity contribution is 14.1. The van der Waals surface area contributed by atoms with Gasteiger partial charge >= 0.3 is 5.69 Å². The van der Waals surface area contributed by atoms with Crippen LogP contribution in [0.3, 0.4) is 0 Å². The van der Waals surface area contributed by atoms with Crippen LogP contribution >= 0.6 is 22.6 Å². The molecule has 0 radical (unpaired) electrons. The summed E-state index contributed by atoms with van der Waals surface area (Å²) in [5, 5.41) is 22.9. The average molecular weight is 790 g/mol. The van der Waals surface area contributed by atoms with E-state index in [-0.39, 0.29) is 46.9 Å². The van der Waals surface area contributed by atoms with E-state index in [4.69, 9.17) is 13.9 Å². The summed E-state index contributed by atoms with van der Waals surface area (Å²) in [6, 6.07) is 4.95. The summed E-state index contributed by atoms with van der Waals surface area (Å²) in [6.07, 6.45) is -0.633. The number of hydrogen-bond donors (Lipinski definition) is 2. The number of H-pyrrole nitrogens is 1. The van der Waals surface area contributed by atoms with Crippen molar-refractivity contribution in [2.75, 3.05) is 6.61 Å². The summed E-state index contributed by atoms with van der Waals surface area (Å²) in [6.45, 7) is 25.2. The van der Waals surface area contributed by atoms with E-state index in [1.807, 2.05) is 36.4 Å². The van der Waals surface area contributed by atoms with Crippen molar-refractivity contribution < 1.29 is 23.9 Å². The van der Waals surface area contributed by atoms with Gasteiger partial charge in [-0.15, -0.1) is 0 Å². The molecule has 0 spiro atoms. The number of ether oxygens (including phenoxy) is 2. The Hall–Kier alpha value is -1.70. The number of rotatable bonds is 11. The number of aliphatic hydroxyl groups is 1. The minimum atomic E-state index is -2.52. The van der Waals surface area contributed by atoms with Gasteiger partial charge in [-0.1, -0.05) is 68.5 Å². The molecule has 0 amide bonds. The molecule has 46 heavy (non-hydrogen) atoms. The topological polar surface area (TPSA) is 146 Å². The third-order valence-corrected chi connectivity index (χ3v) is 22.2. The SMILES string of the molecule is CC(C)[C@@H](OCc1cn([C@H]2C[C@@](O)([Si](C)(C)C(C)(C)C)[C@@H](CO[Si](C)(C)C(C)(C)C)O2)c(=O)[nH]c1=O)c1ccc(I)cc1[N+](=O)[O-]. The van der Waals surface area contributed by atoms with Gasteiger partial charge in [0.15, 0.2) is 8.32 Å². The van der Waals surface area contributed by atoms with E-state index in [9.17, 15) is 24.8 Å². The number of nitro groups is 1. The lowest BCUT2D eigenvalue weighted by Gasteiger charge is -2.49. The molecule has 3 rings (SSSR count). The summed E-state index contributed by atoms with van der Waals surface area (Å²) >= 11 is 2.02. The molecule has 1 saturated heterocycles. The molecule has 2 heterocycles. The molecular weight excluding hydrogens is 737 g/mol. The van der Waals surface area contributed by atoms with Crippen molar-refractivity contribution in [3.8, 4) is 0 Å². The molecule has 11 nitrogen and oxygen atoms in total. The number of nitrogens with zero attached hydrogens (tertiary/aromatic N) is 2. The highest BCUT2D eigenvalue weighted by atomic mass is 127. The van der Waals surface area contributed by atoms with Crippen LogP contribution in [0.15, 0.2) is 34.0 Å². The summed E-state index contributed by atoms with van der Waals surface area (Å²) in [7, 11) is -4.71. The lowest BCUT2D eigenvalue weighted by Crippen LogP contribution is -2.65. The number of aromatic nitrogens is 2. The van der Waals surface area contributed by atoms with Gasteiger partial charge in [-0.3, -0.25) is 24.5 Å². The Morgan fingerprint density at radius 2 is 1.76 bits per heavy atom. The predicted octanol–water partition coefficient (Wildman–Crippen LogP) is 7.05. The molecule has 1 aromatic carbocycles. The van der Waals surface area contributed by atoms with Gasteiger partial charge in [0.2, 0.25) is 0 Å². The lowest BCUT2D eigenvalue weighted by atomic mass is 9.97. The second-order valence-corrected chi connectivity index (χ2v) is 27.6. The monoisotopic (exact) mass is 789 g/mol. The van der Waals surface area contributed by atoms with Crippen molar-refractivity contribution >= 4 is 44.7 Å². The maximum absolute atomic E-state index is 13.2. The van der Waals surface area contributed by atoms with Crippen LogP contribution in [0.4, 0.5) is 5.69 Å². The number of nitrogens with one attached hydrogen (secondary N) is 1. The molecular formula is C32H52IN3O8Si2. The summed E-state index contributed by atoms with van der Waals surface area (Å²) in [5.74, 6) is -0.150. The van der Waals surface area contributed by atoms with Crippen LogP contribution in [-0.2, 0) is 20.5 Å². The molecule has 1 aliphatic rings. The van der Waals surface area contributed by atoms with Gasteiger partial charge in [0, 0.05) is 22.3 Å². The van der Waals surface area contributed by atoms with E-state index >= 15 is 0 Å². The van der Waals surface area contributed by atoms with Gasteiger partial charge in [-0.2, -0.15) is 0 Å². The first-order chi connectivity index (χ1) is 20.8. The minimum Gasteiger partial charge on any atom is -0.414 e. The van der Waals surface area contributed by atoms with Gasteiger partial charge in [-0.05, 0) is 63.8 Å². The fourth-order valence-electron chi connectivity index (χ4n) is 5.48. The number of benzene rings is 1. The Labute approximate surface area is 287 Å². The molecule has 2 N–H and O–H groups in total. The number of aromatic amines is 1. The van der Waals surface area contributed by atoms with Gasteiger partial charge in [0.05, 0.1) is 48.7 Å². The normalized spacial score (nSPS) is 22.0. The molecule has 1 aromatic heterocycles. The lowest BCUT2D eigenvalue weighted by molar-refractivity contribution is -0.386. The van der Waals surface area contributed by atoms with E-state index in [2.05, 4.69) is 72.7 Å². The Bertz CT molecular complexity index is 1540. The molecule has 0 unspecified atom stereocenters. The minimum absolute atomic E-state index is 0.0443. The van der Waals surface area contributed by atoms with Crippen LogP contribution in [0.5, 0.6) is 0 Å². The fraction of sp³-hybridized carbons (Fsp3) is 0.688. The molecule has 0 aliphatic carbocycles. The molecule has 1 aliphatic heterocycles. The molecule has 14 heteroatoms. The summed E-state index contributed by atoms with van der Waals surface area (Å²) < 4.78 is 21.3. The molecule has 4 atom stereocenters. The first-order valence-electron chi connectivity index (χ1n) is 15.8. The highest BCUT2D eigenvalue weighted by Crippen LogP contribution is 2.52. The second kappa shape index (κ2) is 13.7. The van der Waals surface area contributed by atoms with E-state index < -0.39 is 56.2 Å². The van der Waals surface area contributed by atoms with Crippen LogP contribution in [0.2, 0.25) is 36.3 Å². The van der Waals surface area contributed by atoms with Gasteiger partial charge < -0.3 is 19.0 Å². The standard InChI is InChI=1S/C32H52IN3O8Si2/c1-20(2)27(23-14-13-22(33)15-24(23)36(40)41)42-18-21-17-35(29(38)34-28(21)37)26-16-32(39,45(9,10)30(3,4)5)25(44-26)19-43-46(11,12)31(6,7)8/h13-15,17,20,25-27,39H,16,18-19H2,1-12H3,(H,34,37,38)/t25-,26-,27-,32-/m1/s1. The largest absolute Gasteiger partial charge is 0.414 e. The highest BCUT2D eigenvalue weighted by Gasteiger charge is 2.62. The second-order valence-electron chi connectivity index (χ2n) is 15.9. The van der Waals surface area contributed by atoms with E-state index in [0.717, 1.165) is 3.57 Å². The molecule has 258 valence electrons. The third kappa shape index (κ3) is 7.78. The van der Waals surface area contributed by atoms with Crippen molar-refractivity contribution in [2.24, 2.45) is 5.92 Å². The Balaban J connectivity index is 2.00. The summed E-state index contributed by atoms with van der Waals surface area (Å²) in [5.41, 5.74) is -0.751. The predicted molar refractivity (Wildman–Crippen MR) is 193 cm³/mol. The first kappa shape index (κ1) is 38.7. The zero-order chi connectivity index (χ0) is 35.2. The smallest absolute Gasteiger partial charge is 0.330 e. The fourth-order valence-corrected chi connectivity index (χ4v) is 9.89. The number of hydrogen-bond acceptors (Lipinski definition) is 8. The zero-order valence-electron chi connectivity index (χ0n) is 29.3. The molecule has 1 fully saturated rings. The number of halogens is 1. The number of nitro benzene ring substituents is 1. The van der Waals surface area contributed by atoms with Crippen LogP contribution in [0.25, 0.3) is 0 Å². The van der Waals surface area contributed by atoms with Gasteiger partial charge in [-0.25, -0.2) is 4.79 Å². The molecule has 0 bridgehead atoms. The molecule has 2 aromatic rings. The van der Waals surface area contributed by atoms with Gasteiger partial charge in [0.25, 0.3) is 11.2 Å². The Kier molecular flexibility index (Phi) is 11.5. The van der Waals surface area contributed by atoms with Crippen molar-refractivity contribution in [3.05, 3.63) is 70.0 Å². The zero-order valence-corrected chi connectivity index (χ0v) is 33.5. The summed E-state index contributed by atoms with van der Waals surface area (Å²) in [4.78, 5) is 40.0. The van der Waals surface area contributed by atoms with Crippen LogP contribution in [-0.4, -0.2) is 53.9 Å². The first-order valence-corrected chi connectivity index (χ1v) is 22.7. The van der Waals surface area contributed by atoms with E-state index in [0.29, 0.717) is 5.56 Å². The van der Waals surface area contributed by atoms with Crippen molar-refractivity contribution in [3.63, 3.8) is 0 Å². The third-order valence-electron chi connectivity index (χ3n) is 10.6. The van der Waals surface area contributed by atoms with Crippen molar-refractivity contribution in [1.82, 2.24) is 9.55 Å². The van der Waals surface area contributed by atoms with Crippen molar-refractivity contribution in [2.45, 2.75) is 128 Å². The molecule has 0 saturated carbocycles. The maximum Gasteiger partial charge on any atom is 0.330 e. The van der Waals surface area contributed by atoms with Crippen LogP contribution < -0.4 is 11.2 Å². The van der Waals surface area contributed by atoms with Crippen LogP contribution in [0.1, 0.15) is 85.3 Å². The quantitative estimate of drug-likeness (QED) is 0.107. The van der Waals surface area contributed by atoms with E-state index in [1.54, 1.807) is 12.1 Å². The van der Waals surface area contributed by atoms with E-state index in [1.165, 1.54) is 16.8 Å². The Morgan fingerprint density at radius 3 is 2.28 bits per heavy atom. The van der Waals surface area contributed by atoms with Gasteiger partial charge in [0.1, 0.15) is 12.3 Å². The van der Waals surface area contributed by atoms with Crippen molar-refractivity contribution in [1.29, 1.82) is 0 Å². The average Bonchev–Trinajstić information content (AvgIpc) is 3.25.